The van der Waals surface area contributed by atoms with Crippen LogP contribution in [0.1, 0.15) is 24.6 Å². The quantitative estimate of drug-likeness (QED) is 0.896. The first kappa shape index (κ1) is 13.1. The fourth-order valence-electron chi connectivity index (χ4n) is 2.20. The third-order valence-corrected chi connectivity index (χ3v) is 5.43. The monoisotopic (exact) mass is 316 g/mol. The summed E-state index contributed by atoms with van der Waals surface area (Å²) in [5.41, 5.74) is -0.191. The van der Waals surface area contributed by atoms with Crippen LogP contribution >= 0.6 is 27.3 Å². The maximum absolute atomic E-state index is 12.2. The van der Waals surface area contributed by atoms with E-state index in [1.807, 2.05) is 11.4 Å². The van der Waals surface area contributed by atoms with Crippen molar-refractivity contribution in [2.24, 2.45) is 5.41 Å². The lowest BCUT2D eigenvalue weighted by molar-refractivity contribution is -0.130. The van der Waals surface area contributed by atoms with Crippen LogP contribution in [0.25, 0.3) is 0 Å². The molecular formula is C12H17BrN2OS. The van der Waals surface area contributed by atoms with Gasteiger partial charge in [-0.25, -0.2) is 0 Å². The molecule has 0 bridgehead atoms. The summed E-state index contributed by atoms with van der Waals surface area (Å²) in [6, 6.07) is 2.01. The molecule has 1 atom stereocenters. The number of amides is 1. The number of carbonyl (C=O) groups excluding carboxylic acids is 1. The maximum Gasteiger partial charge on any atom is 0.227 e. The third-order valence-electron chi connectivity index (χ3n) is 3.50. The predicted molar refractivity (Wildman–Crippen MR) is 74.1 cm³/mol. The summed E-state index contributed by atoms with van der Waals surface area (Å²) in [5.74, 6) is 0.185. The van der Waals surface area contributed by atoms with E-state index in [2.05, 4.69) is 33.5 Å². The Hall–Kier alpha value is -0.390. The van der Waals surface area contributed by atoms with Crippen LogP contribution in [0, 0.1) is 5.41 Å². The second-order valence-corrected chi connectivity index (χ2v) is 6.29. The van der Waals surface area contributed by atoms with Crippen LogP contribution in [0.15, 0.2) is 15.9 Å². The first-order chi connectivity index (χ1) is 8.18. The van der Waals surface area contributed by atoms with Crippen molar-refractivity contribution in [3.63, 3.8) is 0 Å². The highest BCUT2D eigenvalue weighted by atomic mass is 79.9. The summed E-state index contributed by atoms with van der Waals surface area (Å²) < 4.78 is 1.08. The number of carbonyl (C=O) groups is 1. The SMILES string of the molecule is CCC1(C(=O)NCc2sccc2Br)CCNC1. The molecule has 1 unspecified atom stereocenters. The summed E-state index contributed by atoms with van der Waals surface area (Å²) in [7, 11) is 0. The van der Waals surface area contributed by atoms with E-state index >= 15 is 0 Å². The van der Waals surface area contributed by atoms with E-state index in [9.17, 15) is 4.79 Å². The molecule has 3 nitrogen and oxygen atoms in total. The Kier molecular flexibility index (Phi) is 4.22. The third kappa shape index (κ3) is 2.72. The van der Waals surface area contributed by atoms with E-state index in [0.717, 1.165) is 30.4 Å². The van der Waals surface area contributed by atoms with Crippen LogP contribution in [0.5, 0.6) is 0 Å². The van der Waals surface area contributed by atoms with Gasteiger partial charge in [0.25, 0.3) is 0 Å². The molecule has 0 radical (unpaired) electrons. The Balaban J connectivity index is 1.95. The molecule has 0 aliphatic carbocycles. The van der Waals surface area contributed by atoms with Crippen molar-refractivity contribution in [1.82, 2.24) is 10.6 Å². The number of hydrogen-bond donors (Lipinski definition) is 2. The van der Waals surface area contributed by atoms with Gasteiger partial charge in [0.05, 0.1) is 12.0 Å². The molecule has 0 aromatic carbocycles. The van der Waals surface area contributed by atoms with Gasteiger partial charge in [-0.05, 0) is 46.8 Å². The van der Waals surface area contributed by atoms with Crippen LogP contribution in [-0.2, 0) is 11.3 Å². The molecule has 1 saturated heterocycles. The molecule has 1 aliphatic heterocycles. The molecule has 0 saturated carbocycles. The van der Waals surface area contributed by atoms with Gasteiger partial charge in [-0.15, -0.1) is 11.3 Å². The van der Waals surface area contributed by atoms with Gasteiger partial charge in [-0.3, -0.25) is 4.79 Å². The van der Waals surface area contributed by atoms with Crippen LogP contribution in [-0.4, -0.2) is 19.0 Å². The van der Waals surface area contributed by atoms with Crippen molar-refractivity contribution < 1.29 is 4.79 Å². The number of rotatable bonds is 4. The van der Waals surface area contributed by atoms with E-state index in [1.54, 1.807) is 11.3 Å². The zero-order chi connectivity index (χ0) is 12.3. The number of nitrogens with one attached hydrogen (secondary N) is 2. The molecule has 5 heteroatoms. The van der Waals surface area contributed by atoms with Gasteiger partial charge in [0.1, 0.15) is 0 Å². The molecule has 1 aromatic rings. The molecule has 1 aromatic heterocycles. The average molecular weight is 317 g/mol. The van der Waals surface area contributed by atoms with E-state index in [1.165, 1.54) is 4.88 Å². The van der Waals surface area contributed by atoms with Crippen molar-refractivity contribution in [1.29, 1.82) is 0 Å². The second kappa shape index (κ2) is 5.50. The van der Waals surface area contributed by atoms with Gasteiger partial charge in [-0.2, -0.15) is 0 Å². The molecule has 94 valence electrons. The normalized spacial score (nSPS) is 23.9. The smallest absolute Gasteiger partial charge is 0.227 e. The minimum absolute atomic E-state index is 0.185. The Bertz CT molecular complexity index is 399. The second-order valence-electron chi connectivity index (χ2n) is 4.44. The van der Waals surface area contributed by atoms with Gasteiger partial charge >= 0.3 is 0 Å². The van der Waals surface area contributed by atoms with Crippen LogP contribution in [0.2, 0.25) is 0 Å². The molecular weight excluding hydrogens is 300 g/mol. The lowest BCUT2D eigenvalue weighted by Crippen LogP contribution is -2.41. The zero-order valence-electron chi connectivity index (χ0n) is 9.88. The van der Waals surface area contributed by atoms with Crippen molar-refractivity contribution in [2.75, 3.05) is 13.1 Å². The zero-order valence-corrected chi connectivity index (χ0v) is 12.3. The molecule has 2 N–H and O–H groups in total. The standard InChI is InChI=1S/C12H17BrN2OS/c1-2-12(4-5-14-8-12)11(16)15-7-10-9(13)3-6-17-10/h3,6,14H,2,4-5,7-8H2,1H3,(H,15,16). The summed E-state index contributed by atoms with van der Waals surface area (Å²) in [5, 5.41) is 8.37. The van der Waals surface area contributed by atoms with E-state index in [4.69, 9.17) is 0 Å². The lowest BCUT2D eigenvalue weighted by atomic mass is 9.83. The van der Waals surface area contributed by atoms with Crippen molar-refractivity contribution in [2.45, 2.75) is 26.3 Å². The van der Waals surface area contributed by atoms with E-state index in [0.29, 0.717) is 6.54 Å². The number of halogens is 1. The molecule has 0 spiro atoms. The van der Waals surface area contributed by atoms with E-state index < -0.39 is 0 Å². The predicted octanol–water partition coefficient (Wildman–Crippen LogP) is 2.52. The first-order valence-corrected chi connectivity index (χ1v) is 7.56. The van der Waals surface area contributed by atoms with Gasteiger partial charge in [0.15, 0.2) is 0 Å². The van der Waals surface area contributed by atoms with Crippen LogP contribution in [0.4, 0.5) is 0 Å². The molecule has 17 heavy (non-hydrogen) atoms. The van der Waals surface area contributed by atoms with Gasteiger partial charge in [0.2, 0.25) is 5.91 Å². The summed E-state index contributed by atoms with van der Waals surface area (Å²) in [6.07, 6.45) is 1.85. The lowest BCUT2D eigenvalue weighted by Gasteiger charge is -2.25. The van der Waals surface area contributed by atoms with Crippen LogP contribution in [0.3, 0.4) is 0 Å². The Morgan fingerprint density at radius 1 is 1.71 bits per heavy atom. The molecule has 2 heterocycles. The Morgan fingerprint density at radius 3 is 3.06 bits per heavy atom. The van der Waals surface area contributed by atoms with Crippen molar-refractivity contribution in [3.05, 3.63) is 20.8 Å². The average Bonchev–Trinajstić information content (AvgIpc) is 2.95. The van der Waals surface area contributed by atoms with E-state index in [-0.39, 0.29) is 11.3 Å². The number of hydrogen-bond acceptors (Lipinski definition) is 3. The summed E-state index contributed by atoms with van der Waals surface area (Å²) in [4.78, 5) is 13.4. The minimum atomic E-state index is -0.191. The Morgan fingerprint density at radius 2 is 2.53 bits per heavy atom. The molecule has 1 aliphatic rings. The van der Waals surface area contributed by atoms with Crippen molar-refractivity contribution >= 4 is 33.2 Å². The number of thiophene rings is 1. The summed E-state index contributed by atoms with van der Waals surface area (Å²) in [6.45, 7) is 4.47. The van der Waals surface area contributed by atoms with Gasteiger partial charge in [0, 0.05) is 15.9 Å². The fourth-order valence-corrected chi connectivity index (χ4v) is 3.63. The highest BCUT2D eigenvalue weighted by Crippen LogP contribution is 2.30. The van der Waals surface area contributed by atoms with Crippen LogP contribution < -0.4 is 10.6 Å². The molecule has 2 rings (SSSR count). The molecule has 1 amide bonds. The first-order valence-electron chi connectivity index (χ1n) is 5.89. The fraction of sp³-hybridized carbons (Fsp3) is 0.583. The molecule has 1 fully saturated rings. The topological polar surface area (TPSA) is 41.1 Å². The highest BCUT2D eigenvalue weighted by molar-refractivity contribution is 9.10. The highest BCUT2D eigenvalue weighted by Gasteiger charge is 2.39. The maximum atomic E-state index is 12.2. The summed E-state index contributed by atoms with van der Waals surface area (Å²) >= 11 is 5.14. The van der Waals surface area contributed by atoms with Gasteiger partial charge < -0.3 is 10.6 Å². The Labute approximate surface area is 114 Å². The van der Waals surface area contributed by atoms with Gasteiger partial charge in [-0.1, -0.05) is 6.92 Å². The largest absolute Gasteiger partial charge is 0.351 e. The minimum Gasteiger partial charge on any atom is -0.351 e. The van der Waals surface area contributed by atoms with Crippen molar-refractivity contribution in [3.8, 4) is 0 Å².